The Kier molecular flexibility index (Phi) is 5.72. The third-order valence-corrected chi connectivity index (χ3v) is 5.29. The van der Waals surface area contributed by atoms with Gasteiger partial charge in [-0.05, 0) is 33.3 Å². The topological polar surface area (TPSA) is 66.8 Å². The molecule has 138 valence electrons. The van der Waals surface area contributed by atoms with Gasteiger partial charge in [-0.25, -0.2) is 9.28 Å². The number of quaternary nitrogens is 1. The maximum Gasteiger partial charge on any atom is 0.514 e. The molecule has 1 heterocycles. The summed E-state index contributed by atoms with van der Waals surface area (Å²) >= 11 is 0. The van der Waals surface area contributed by atoms with Crippen LogP contribution in [0.3, 0.4) is 0 Å². The van der Waals surface area contributed by atoms with E-state index in [0.29, 0.717) is 26.1 Å². The lowest BCUT2D eigenvalue weighted by Crippen LogP contribution is -2.68. The molecule has 2 atom stereocenters. The molecule has 1 saturated heterocycles. The Morgan fingerprint density at radius 1 is 1.24 bits per heavy atom. The molecule has 0 spiro atoms. The predicted molar refractivity (Wildman–Crippen MR) is 95.2 cm³/mol. The summed E-state index contributed by atoms with van der Waals surface area (Å²) < 4.78 is 5.36. The largest absolute Gasteiger partial charge is 0.514 e. The van der Waals surface area contributed by atoms with E-state index in [1.165, 1.54) is 0 Å². The van der Waals surface area contributed by atoms with Crippen LogP contribution in [-0.2, 0) is 11.3 Å². The lowest BCUT2D eigenvalue weighted by Gasteiger charge is -2.46. The molecule has 0 radical (unpaired) electrons. The first-order valence-electron chi connectivity index (χ1n) is 8.75. The Bertz CT molecular complexity index is 612. The van der Waals surface area contributed by atoms with Crippen LogP contribution in [0.25, 0.3) is 0 Å². The third kappa shape index (κ3) is 3.95. The number of ether oxygens (including phenoxy) is 1. The van der Waals surface area contributed by atoms with Crippen molar-refractivity contribution < 1.29 is 23.9 Å². The molecule has 0 aliphatic carbocycles. The van der Waals surface area contributed by atoms with Crippen molar-refractivity contribution >= 4 is 12.2 Å². The van der Waals surface area contributed by atoms with Gasteiger partial charge in [0.15, 0.2) is 0 Å². The molecule has 2 unspecified atom stereocenters. The second-order valence-corrected chi connectivity index (χ2v) is 7.71. The summed E-state index contributed by atoms with van der Waals surface area (Å²) in [6.07, 6.45) is -0.584. The molecule has 1 aliphatic rings. The molecule has 1 aliphatic heterocycles. The van der Waals surface area contributed by atoms with Crippen molar-refractivity contribution in [3.63, 3.8) is 0 Å². The fraction of sp³-hybridized carbons (Fsp3) is 0.579. The monoisotopic (exact) mass is 349 g/mol. The lowest BCUT2D eigenvalue weighted by molar-refractivity contribution is -0.922. The van der Waals surface area contributed by atoms with Crippen LogP contribution in [0.4, 0.5) is 9.59 Å². The average Bonchev–Trinajstić information content (AvgIpc) is 2.73. The second-order valence-electron chi connectivity index (χ2n) is 7.71. The van der Waals surface area contributed by atoms with E-state index in [-0.39, 0.29) is 23.2 Å². The first-order chi connectivity index (χ1) is 11.7. The molecule has 0 bridgehead atoms. The fourth-order valence-electron chi connectivity index (χ4n) is 3.73. The van der Waals surface area contributed by atoms with Crippen LogP contribution < -0.4 is 0 Å². The highest BCUT2D eigenvalue weighted by Gasteiger charge is 2.53. The zero-order chi connectivity index (χ0) is 18.7. The Morgan fingerprint density at radius 2 is 1.88 bits per heavy atom. The zero-order valence-corrected chi connectivity index (χ0v) is 15.6. The highest BCUT2D eigenvalue weighted by Crippen LogP contribution is 2.32. The summed E-state index contributed by atoms with van der Waals surface area (Å²) in [5.74, 6) is 0. The highest BCUT2D eigenvalue weighted by molar-refractivity contribution is 5.67. The number of rotatable bonds is 2. The quantitative estimate of drug-likeness (QED) is 0.827. The molecule has 6 nitrogen and oxygen atoms in total. The molecule has 6 heteroatoms. The lowest BCUT2D eigenvalue weighted by atomic mass is 9.97. The highest BCUT2D eigenvalue weighted by atomic mass is 16.6. The van der Waals surface area contributed by atoms with E-state index in [0.717, 1.165) is 5.56 Å². The summed E-state index contributed by atoms with van der Waals surface area (Å²) in [5, 5.41) is 9.93. The SMILES string of the molecule is CC1CCN(C(=O)OCc2ccccc2)CC[N+]1(C(=O)O)C(C)(C)C. The van der Waals surface area contributed by atoms with Crippen LogP contribution in [0.15, 0.2) is 30.3 Å². The smallest absolute Gasteiger partial charge is 0.445 e. The first-order valence-corrected chi connectivity index (χ1v) is 8.75. The van der Waals surface area contributed by atoms with Crippen molar-refractivity contribution in [2.45, 2.75) is 52.3 Å². The molecule has 1 fully saturated rings. The van der Waals surface area contributed by atoms with E-state index in [4.69, 9.17) is 4.74 Å². The van der Waals surface area contributed by atoms with Gasteiger partial charge in [0, 0.05) is 13.0 Å². The van der Waals surface area contributed by atoms with E-state index in [9.17, 15) is 14.7 Å². The second kappa shape index (κ2) is 7.44. The van der Waals surface area contributed by atoms with Crippen molar-refractivity contribution in [3.05, 3.63) is 35.9 Å². The van der Waals surface area contributed by atoms with Crippen molar-refractivity contribution in [1.29, 1.82) is 0 Å². The van der Waals surface area contributed by atoms with Gasteiger partial charge in [0.1, 0.15) is 18.7 Å². The zero-order valence-electron chi connectivity index (χ0n) is 15.6. The van der Waals surface area contributed by atoms with E-state index in [2.05, 4.69) is 0 Å². The maximum absolute atomic E-state index is 12.4. The minimum absolute atomic E-state index is 0.0462. The molecule has 1 N–H and O–H groups in total. The molecular formula is C19H29N2O4+. The third-order valence-electron chi connectivity index (χ3n) is 5.29. The van der Waals surface area contributed by atoms with Crippen molar-refractivity contribution in [1.82, 2.24) is 4.90 Å². The molecular weight excluding hydrogens is 320 g/mol. The van der Waals surface area contributed by atoms with Crippen LogP contribution in [0.1, 0.15) is 39.7 Å². The standard InChI is InChI=1S/C19H28N2O4/c1-15-10-11-20(12-13-21(15,18(23)24)19(2,3)4)17(22)25-14-16-8-6-5-7-9-16/h5-9,15H,10-14H2,1-4H3/p+1. The minimum Gasteiger partial charge on any atom is -0.445 e. The van der Waals surface area contributed by atoms with Crippen LogP contribution >= 0.6 is 0 Å². The van der Waals surface area contributed by atoms with E-state index in [1.807, 2.05) is 58.0 Å². The number of carboxylic acid groups (broad SMARTS) is 1. The number of benzene rings is 1. The fourth-order valence-corrected chi connectivity index (χ4v) is 3.73. The maximum atomic E-state index is 12.4. The van der Waals surface area contributed by atoms with Gasteiger partial charge in [-0.15, -0.1) is 0 Å². The normalized spacial score (nSPS) is 24.5. The molecule has 2 amide bonds. The van der Waals surface area contributed by atoms with Crippen molar-refractivity contribution in [3.8, 4) is 0 Å². The Morgan fingerprint density at radius 3 is 2.44 bits per heavy atom. The summed E-state index contributed by atoms with van der Waals surface area (Å²) in [4.78, 5) is 26.2. The summed E-state index contributed by atoms with van der Waals surface area (Å²) in [6, 6.07) is 9.45. The Hall–Kier alpha value is -2.08. The summed E-state index contributed by atoms with van der Waals surface area (Å²) in [7, 11) is 0. The van der Waals surface area contributed by atoms with E-state index >= 15 is 0 Å². The molecule has 0 saturated carbocycles. The number of hydrogen-bond donors (Lipinski definition) is 1. The van der Waals surface area contributed by atoms with E-state index < -0.39 is 11.6 Å². The Labute approximate surface area is 149 Å². The minimum atomic E-state index is -0.834. The molecule has 1 aromatic rings. The van der Waals surface area contributed by atoms with Crippen LogP contribution in [-0.4, -0.2) is 57.9 Å². The summed E-state index contributed by atoms with van der Waals surface area (Å²) in [5.41, 5.74) is 0.485. The first kappa shape index (κ1) is 19.2. The van der Waals surface area contributed by atoms with Crippen LogP contribution in [0.5, 0.6) is 0 Å². The van der Waals surface area contributed by atoms with Gasteiger partial charge in [0.2, 0.25) is 0 Å². The molecule has 2 rings (SSSR count). The van der Waals surface area contributed by atoms with Crippen LogP contribution in [0, 0.1) is 0 Å². The Balaban J connectivity index is 2.06. The molecule has 25 heavy (non-hydrogen) atoms. The molecule has 1 aromatic carbocycles. The van der Waals surface area contributed by atoms with E-state index in [1.54, 1.807) is 4.90 Å². The van der Waals surface area contributed by atoms with Crippen molar-refractivity contribution in [2.24, 2.45) is 0 Å². The number of carbonyl (C=O) groups is 2. The number of nitrogens with zero attached hydrogens (tertiary/aromatic N) is 2. The van der Waals surface area contributed by atoms with Gasteiger partial charge >= 0.3 is 12.2 Å². The predicted octanol–water partition coefficient (Wildman–Crippen LogP) is 3.71. The number of carbonyl (C=O) groups excluding carboxylic acids is 1. The summed E-state index contributed by atoms with van der Waals surface area (Å²) in [6.45, 7) is 9.28. The van der Waals surface area contributed by atoms with Gasteiger partial charge in [0.05, 0.1) is 12.6 Å². The van der Waals surface area contributed by atoms with Gasteiger partial charge in [-0.2, -0.15) is 4.79 Å². The number of amides is 2. The van der Waals surface area contributed by atoms with Gasteiger partial charge in [0.25, 0.3) is 0 Å². The van der Waals surface area contributed by atoms with Gasteiger partial charge in [-0.3, -0.25) is 0 Å². The van der Waals surface area contributed by atoms with Gasteiger partial charge < -0.3 is 14.7 Å². The molecule has 0 aromatic heterocycles. The average molecular weight is 349 g/mol. The van der Waals surface area contributed by atoms with Gasteiger partial charge in [-0.1, -0.05) is 30.3 Å². The number of hydrogen-bond acceptors (Lipinski definition) is 3. The van der Waals surface area contributed by atoms with Crippen molar-refractivity contribution in [2.75, 3.05) is 19.6 Å². The van der Waals surface area contributed by atoms with Crippen LogP contribution in [0.2, 0.25) is 0 Å².